The lowest BCUT2D eigenvalue weighted by atomic mass is 10.1. The highest BCUT2D eigenvalue weighted by Crippen LogP contribution is 2.32. The molecule has 2 aromatic carbocycles. The van der Waals surface area contributed by atoms with Gasteiger partial charge in [-0.25, -0.2) is 0 Å². The van der Waals surface area contributed by atoms with Gasteiger partial charge in [0, 0.05) is 50.4 Å². The van der Waals surface area contributed by atoms with Crippen molar-refractivity contribution in [3.63, 3.8) is 0 Å². The van der Waals surface area contributed by atoms with Crippen molar-refractivity contribution in [3.05, 3.63) is 46.5 Å². The standard InChI is InChI=1S/C25H39N3O4/c1-18-12-20(24(29)22(14-18)31-6)16-27(4)10-8-26(3)9-11-28(5)17-21-13-19(2)15-23(32-7)25(21)30/h12-15,29-30H,8-11,16-17H2,1-7H3. The summed E-state index contributed by atoms with van der Waals surface area (Å²) in [6.07, 6.45) is 0. The summed E-state index contributed by atoms with van der Waals surface area (Å²) in [5, 5.41) is 20.8. The molecule has 2 N–H and O–H groups in total. The summed E-state index contributed by atoms with van der Waals surface area (Å²) in [7, 11) is 9.38. The molecule has 0 amide bonds. The Hall–Kier alpha value is -2.48. The summed E-state index contributed by atoms with van der Waals surface area (Å²) in [6.45, 7) is 8.91. The second kappa shape index (κ2) is 11.9. The smallest absolute Gasteiger partial charge is 0.162 e. The van der Waals surface area contributed by atoms with Crippen LogP contribution in [0.25, 0.3) is 0 Å². The van der Waals surface area contributed by atoms with Gasteiger partial charge in [-0.3, -0.25) is 0 Å². The topological polar surface area (TPSA) is 68.6 Å². The van der Waals surface area contributed by atoms with Crippen molar-refractivity contribution in [3.8, 4) is 23.0 Å². The molecular weight excluding hydrogens is 406 g/mol. The Labute approximate surface area is 192 Å². The molecule has 0 aliphatic rings. The second-order valence-corrected chi connectivity index (χ2v) is 8.73. The van der Waals surface area contributed by atoms with Gasteiger partial charge in [0.25, 0.3) is 0 Å². The average Bonchev–Trinajstić information content (AvgIpc) is 2.75. The predicted octanol–water partition coefficient (Wildman–Crippen LogP) is 3.23. The first-order valence-electron chi connectivity index (χ1n) is 10.9. The number of phenolic OH excluding ortho intramolecular Hbond substituents is 2. The molecular formula is C25H39N3O4. The SMILES string of the molecule is COc1cc(C)cc(CN(C)CCN(C)CCN(C)Cc2cc(C)cc(OC)c2O)c1O. The highest BCUT2D eigenvalue weighted by atomic mass is 16.5. The first-order valence-corrected chi connectivity index (χ1v) is 10.9. The van der Waals surface area contributed by atoms with Gasteiger partial charge in [0.1, 0.15) is 0 Å². The lowest BCUT2D eigenvalue weighted by Gasteiger charge is -2.25. The molecule has 0 aliphatic carbocycles. The number of ether oxygens (including phenoxy) is 2. The first kappa shape index (κ1) is 25.8. The molecule has 0 bridgehead atoms. The van der Waals surface area contributed by atoms with Gasteiger partial charge in [-0.2, -0.15) is 0 Å². The molecule has 0 fully saturated rings. The summed E-state index contributed by atoms with van der Waals surface area (Å²) >= 11 is 0. The molecule has 178 valence electrons. The lowest BCUT2D eigenvalue weighted by molar-refractivity contribution is 0.218. The van der Waals surface area contributed by atoms with Crippen LogP contribution in [0.2, 0.25) is 0 Å². The third kappa shape index (κ3) is 7.29. The minimum absolute atomic E-state index is 0.218. The fraction of sp³-hybridized carbons (Fsp3) is 0.520. The number of aromatic hydroxyl groups is 2. The zero-order valence-electron chi connectivity index (χ0n) is 20.6. The zero-order valence-corrected chi connectivity index (χ0v) is 20.6. The Balaban J connectivity index is 1.80. The maximum atomic E-state index is 10.4. The van der Waals surface area contributed by atoms with Gasteiger partial charge >= 0.3 is 0 Å². The van der Waals surface area contributed by atoms with E-state index in [4.69, 9.17) is 9.47 Å². The highest BCUT2D eigenvalue weighted by molar-refractivity contribution is 5.49. The number of rotatable bonds is 12. The fourth-order valence-electron chi connectivity index (χ4n) is 3.72. The molecule has 0 aliphatic heterocycles. The second-order valence-electron chi connectivity index (χ2n) is 8.73. The molecule has 0 heterocycles. The number of phenols is 2. The van der Waals surface area contributed by atoms with Gasteiger partial charge in [0.2, 0.25) is 0 Å². The van der Waals surface area contributed by atoms with Crippen molar-refractivity contribution in [2.24, 2.45) is 0 Å². The molecule has 0 saturated heterocycles. The Kier molecular flexibility index (Phi) is 9.62. The molecule has 7 nitrogen and oxygen atoms in total. The van der Waals surface area contributed by atoms with Gasteiger partial charge in [-0.05, 0) is 58.3 Å². The van der Waals surface area contributed by atoms with Crippen LogP contribution in [0.1, 0.15) is 22.3 Å². The molecule has 2 aromatic rings. The lowest BCUT2D eigenvalue weighted by Crippen LogP contribution is -2.35. The number of aryl methyl sites for hydroxylation is 2. The van der Waals surface area contributed by atoms with E-state index in [1.807, 2.05) is 38.1 Å². The minimum Gasteiger partial charge on any atom is -0.504 e. The highest BCUT2D eigenvalue weighted by Gasteiger charge is 2.13. The van der Waals surface area contributed by atoms with Crippen molar-refractivity contribution >= 4 is 0 Å². The number of likely N-dealkylation sites (N-methyl/N-ethyl adjacent to an activating group) is 3. The first-order chi connectivity index (χ1) is 15.1. The molecule has 0 atom stereocenters. The monoisotopic (exact) mass is 445 g/mol. The molecule has 0 spiro atoms. The van der Waals surface area contributed by atoms with E-state index in [0.717, 1.165) is 48.4 Å². The average molecular weight is 446 g/mol. The van der Waals surface area contributed by atoms with Crippen molar-refractivity contribution in [2.45, 2.75) is 26.9 Å². The van der Waals surface area contributed by atoms with Crippen LogP contribution in [0.5, 0.6) is 23.0 Å². The van der Waals surface area contributed by atoms with Crippen LogP contribution in [0.4, 0.5) is 0 Å². The van der Waals surface area contributed by atoms with Gasteiger partial charge < -0.3 is 34.4 Å². The largest absolute Gasteiger partial charge is 0.504 e. The van der Waals surface area contributed by atoms with E-state index in [9.17, 15) is 10.2 Å². The fourth-order valence-corrected chi connectivity index (χ4v) is 3.72. The van der Waals surface area contributed by atoms with Crippen LogP contribution in [0.3, 0.4) is 0 Å². The van der Waals surface area contributed by atoms with Gasteiger partial charge in [-0.1, -0.05) is 12.1 Å². The quantitative estimate of drug-likeness (QED) is 0.520. The maximum Gasteiger partial charge on any atom is 0.162 e. The van der Waals surface area contributed by atoms with Crippen LogP contribution in [-0.4, -0.2) is 86.5 Å². The summed E-state index contributed by atoms with van der Waals surface area (Å²) in [5.74, 6) is 1.48. The van der Waals surface area contributed by atoms with Gasteiger partial charge in [-0.15, -0.1) is 0 Å². The number of nitrogens with zero attached hydrogens (tertiary/aromatic N) is 3. The van der Waals surface area contributed by atoms with E-state index in [2.05, 4.69) is 35.8 Å². The van der Waals surface area contributed by atoms with E-state index in [1.54, 1.807) is 14.2 Å². The van der Waals surface area contributed by atoms with E-state index >= 15 is 0 Å². The number of hydrogen-bond donors (Lipinski definition) is 2. The van der Waals surface area contributed by atoms with E-state index in [1.165, 1.54) is 0 Å². The van der Waals surface area contributed by atoms with Crippen molar-refractivity contribution in [1.29, 1.82) is 0 Å². The van der Waals surface area contributed by atoms with Crippen LogP contribution in [0.15, 0.2) is 24.3 Å². The Morgan fingerprint density at radius 1 is 0.625 bits per heavy atom. The van der Waals surface area contributed by atoms with Crippen molar-refractivity contribution in [1.82, 2.24) is 14.7 Å². The summed E-state index contributed by atoms with van der Waals surface area (Å²) in [6, 6.07) is 7.69. The third-order valence-corrected chi connectivity index (χ3v) is 5.64. The molecule has 7 heteroatoms. The van der Waals surface area contributed by atoms with E-state index in [0.29, 0.717) is 24.6 Å². The molecule has 0 aromatic heterocycles. The van der Waals surface area contributed by atoms with Crippen molar-refractivity contribution < 1.29 is 19.7 Å². The predicted molar refractivity (Wildman–Crippen MR) is 129 cm³/mol. The molecule has 0 saturated carbocycles. The summed E-state index contributed by atoms with van der Waals surface area (Å²) < 4.78 is 10.5. The van der Waals surface area contributed by atoms with Crippen molar-refractivity contribution in [2.75, 3.05) is 61.5 Å². The normalized spacial score (nSPS) is 11.6. The van der Waals surface area contributed by atoms with Crippen LogP contribution in [0, 0.1) is 13.8 Å². The number of hydrogen-bond acceptors (Lipinski definition) is 7. The Bertz CT molecular complexity index is 816. The Morgan fingerprint density at radius 3 is 1.31 bits per heavy atom. The molecule has 0 radical (unpaired) electrons. The van der Waals surface area contributed by atoms with E-state index < -0.39 is 0 Å². The van der Waals surface area contributed by atoms with Crippen LogP contribution >= 0.6 is 0 Å². The summed E-state index contributed by atoms with van der Waals surface area (Å²) in [4.78, 5) is 6.69. The zero-order chi connectivity index (χ0) is 23.8. The Morgan fingerprint density at radius 2 is 0.969 bits per heavy atom. The van der Waals surface area contributed by atoms with Gasteiger partial charge in [0.05, 0.1) is 14.2 Å². The molecule has 2 rings (SSSR count). The molecule has 32 heavy (non-hydrogen) atoms. The van der Waals surface area contributed by atoms with Crippen LogP contribution in [-0.2, 0) is 13.1 Å². The maximum absolute atomic E-state index is 10.4. The third-order valence-electron chi connectivity index (χ3n) is 5.64. The molecule has 0 unspecified atom stereocenters. The summed E-state index contributed by atoms with van der Waals surface area (Å²) in [5.41, 5.74) is 3.89. The number of methoxy groups -OCH3 is 2. The number of benzene rings is 2. The van der Waals surface area contributed by atoms with Gasteiger partial charge in [0.15, 0.2) is 23.0 Å². The minimum atomic E-state index is 0.218. The van der Waals surface area contributed by atoms with E-state index in [-0.39, 0.29) is 11.5 Å². The van der Waals surface area contributed by atoms with Crippen LogP contribution < -0.4 is 9.47 Å².